The zero-order valence-electron chi connectivity index (χ0n) is 16.9. The number of phenols is 1. The third kappa shape index (κ3) is 3.89. The lowest BCUT2D eigenvalue weighted by Crippen LogP contribution is -2.33. The van der Waals surface area contributed by atoms with Crippen LogP contribution >= 0.6 is 0 Å². The van der Waals surface area contributed by atoms with E-state index in [0.29, 0.717) is 17.9 Å². The lowest BCUT2D eigenvalue weighted by atomic mass is 9.93. The Morgan fingerprint density at radius 1 is 1.23 bits per heavy atom. The van der Waals surface area contributed by atoms with Crippen LogP contribution in [0.3, 0.4) is 0 Å². The number of anilines is 3. The van der Waals surface area contributed by atoms with Crippen molar-refractivity contribution in [3.05, 3.63) is 40.5 Å². The van der Waals surface area contributed by atoms with Crippen molar-refractivity contribution in [2.45, 2.75) is 31.8 Å². The first-order valence-electron chi connectivity index (χ1n) is 10.0. The minimum atomic E-state index is -0.631. The summed E-state index contributed by atoms with van der Waals surface area (Å²) in [6, 6.07) is 6.64. The fourth-order valence-corrected chi connectivity index (χ4v) is 4.08. The maximum absolute atomic E-state index is 10.4. The van der Waals surface area contributed by atoms with E-state index in [1.165, 1.54) is 6.42 Å². The summed E-state index contributed by atoms with van der Waals surface area (Å²) in [6.07, 6.45) is 5.36. The highest BCUT2D eigenvalue weighted by Crippen LogP contribution is 2.41. The monoisotopic (exact) mass is 417 g/mol. The number of nitrogens with zero attached hydrogens (tertiary/aromatic N) is 5. The largest absolute Gasteiger partial charge is 0.508 e. The van der Waals surface area contributed by atoms with Crippen LogP contribution in [-0.2, 0) is 6.54 Å². The quantitative estimate of drug-likeness (QED) is 0.368. The first-order valence-corrected chi connectivity index (χ1v) is 10.0. The van der Waals surface area contributed by atoms with Gasteiger partial charge in [-0.3, -0.25) is 10.2 Å². The number of benzene rings is 1. The van der Waals surface area contributed by atoms with Crippen molar-refractivity contribution < 1.29 is 5.11 Å². The van der Waals surface area contributed by atoms with Gasteiger partial charge in [0.05, 0.1) is 5.69 Å². The molecule has 2 aliphatic rings. The average Bonchev–Trinajstić information content (AvgIpc) is 2.76. The number of hydrogen-bond donors (Lipinski definition) is 5. The van der Waals surface area contributed by atoms with Gasteiger partial charge < -0.3 is 21.9 Å². The molecule has 0 aliphatic carbocycles. The molecule has 10 heteroatoms. The Morgan fingerprint density at radius 2 is 2.00 bits per heavy atom. The topological polar surface area (TPSA) is 172 Å². The standard InChI is InChI=1S/C21H23N9O/c22-9-14-17(24)16-18(27-21(26-11-23)29-20(16)28-19(14)25)12-4-5-15(31)13(8-12)10-30-6-2-1-3-7-30/h4-5,8,18,31H,1-3,6-7,10H2,(H6,24,25,26,27,28,29). The Morgan fingerprint density at radius 3 is 2.71 bits per heavy atom. The second-order valence-electron chi connectivity index (χ2n) is 7.63. The SMILES string of the molecule is N#CNC1=NC(c2ccc(O)c(CN3CCCCC3)c2)c2c(nc(N)c(C#N)c2N)N1. The molecule has 7 N–H and O–H groups in total. The number of pyridine rings is 1. The highest BCUT2D eigenvalue weighted by atomic mass is 16.3. The number of likely N-dealkylation sites (tertiary alicyclic amines) is 1. The number of nitrogens with two attached hydrogens (primary N) is 2. The summed E-state index contributed by atoms with van der Waals surface area (Å²) in [7, 11) is 0. The normalized spacial score (nSPS) is 18.1. The number of aromatic nitrogens is 1. The number of aliphatic imine (C=N–C) groups is 1. The summed E-state index contributed by atoms with van der Waals surface area (Å²) >= 11 is 0. The predicted octanol–water partition coefficient (Wildman–Crippen LogP) is 1.75. The molecule has 2 aromatic rings. The maximum Gasteiger partial charge on any atom is 0.211 e. The highest BCUT2D eigenvalue weighted by Gasteiger charge is 2.30. The smallest absolute Gasteiger partial charge is 0.211 e. The van der Waals surface area contributed by atoms with Gasteiger partial charge >= 0.3 is 0 Å². The fourth-order valence-electron chi connectivity index (χ4n) is 4.08. The molecule has 0 amide bonds. The molecule has 0 bridgehead atoms. The van der Waals surface area contributed by atoms with Gasteiger partial charge in [0.25, 0.3) is 0 Å². The molecule has 1 unspecified atom stereocenters. The Bertz CT molecular complexity index is 1120. The zero-order chi connectivity index (χ0) is 22.0. The van der Waals surface area contributed by atoms with Crippen molar-refractivity contribution >= 4 is 23.3 Å². The van der Waals surface area contributed by atoms with E-state index in [9.17, 15) is 10.4 Å². The summed E-state index contributed by atoms with van der Waals surface area (Å²) in [5, 5.41) is 34.3. The minimum Gasteiger partial charge on any atom is -0.508 e. The van der Waals surface area contributed by atoms with E-state index in [-0.39, 0.29) is 28.8 Å². The van der Waals surface area contributed by atoms with E-state index >= 15 is 0 Å². The molecule has 0 radical (unpaired) electrons. The molecule has 31 heavy (non-hydrogen) atoms. The van der Waals surface area contributed by atoms with Crippen LogP contribution in [0.1, 0.15) is 47.6 Å². The Kier molecular flexibility index (Phi) is 5.48. The summed E-state index contributed by atoms with van der Waals surface area (Å²) in [5.74, 6) is 0.739. The van der Waals surface area contributed by atoms with Gasteiger partial charge in [-0.25, -0.2) is 9.98 Å². The molecule has 0 saturated carbocycles. The van der Waals surface area contributed by atoms with Crippen molar-refractivity contribution in [3.63, 3.8) is 0 Å². The fraction of sp³-hybridized carbons (Fsp3) is 0.333. The van der Waals surface area contributed by atoms with Crippen LogP contribution in [0.2, 0.25) is 0 Å². The molecule has 4 rings (SSSR count). The molecule has 1 fully saturated rings. The van der Waals surface area contributed by atoms with Crippen LogP contribution in [0.15, 0.2) is 23.2 Å². The number of phenolic OH excluding ortho intramolecular Hbond substituents is 1. The van der Waals surface area contributed by atoms with Crippen LogP contribution in [-0.4, -0.2) is 34.0 Å². The minimum absolute atomic E-state index is 0.000277. The molecule has 10 nitrogen and oxygen atoms in total. The number of guanidine groups is 1. The van der Waals surface area contributed by atoms with E-state index in [1.807, 2.05) is 18.3 Å². The first-order chi connectivity index (χ1) is 15.0. The summed E-state index contributed by atoms with van der Waals surface area (Å²) in [5.41, 5.74) is 14.5. The van der Waals surface area contributed by atoms with Crippen molar-refractivity contribution in [2.75, 3.05) is 29.9 Å². The first kappa shape index (κ1) is 20.3. The number of nitrogen functional groups attached to an aromatic ring is 2. The lowest BCUT2D eigenvalue weighted by molar-refractivity contribution is 0.218. The number of hydrogen-bond acceptors (Lipinski definition) is 10. The third-order valence-electron chi connectivity index (χ3n) is 5.62. The van der Waals surface area contributed by atoms with Crippen LogP contribution in [0.4, 0.5) is 17.3 Å². The van der Waals surface area contributed by atoms with Gasteiger partial charge in [-0.05, 0) is 43.6 Å². The third-order valence-corrected chi connectivity index (χ3v) is 5.62. The highest BCUT2D eigenvalue weighted by molar-refractivity contribution is 5.98. The summed E-state index contributed by atoms with van der Waals surface area (Å²) < 4.78 is 0. The predicted molar refractivity (Wildman–Crippen MR) is 117 cm³/mol. The van der Waals surface area contributed by atoms with Crippen molar-refractivity contribution in [1.29, 1.82) is 10.5 Å². The Hall–Kier alpha value is -4.02. The molecule has 3 heterocycles. The second kappa shape index (κ2) is 8.38. The average molecular weight is 417 g/mol. The Balaban J connectivity index is 1.79. The molecule has 0 spiro atoms. The number of aromatic hydroxyl groups is 1. The van der Waals surface area contributed by atoms with Crippen LogP contribution in [0.25, 0.3) is 0 Å². The van der Waals surface area contributed by atoms with Gasteiger partial charge in [0.2, 0.25) is 5.96 Å². The van der Waals surface area contributed by atoms with Gasteiger partial charge in [-0.1, -0.05) is 12.5 Å². The summed E-state index contributed by atoms with van der Waals surface area (Å²) in [4.78, 5) is 11.2. The van der Waals surface area contributed by atoms with Crippen molar-refractivity contribution in [1.82, 2.24) is 15.2 Å². The number of piperidine rings is 1. The molecule has 1 saturated heterocycles. The van der Waals surface area contributed by atoms with Crippen LogP contribution in [0.5, 0.6) is 5.75 Å². The molecule has 1 aromatic carbocycles. The van der Waals surface area contributed by atoms with Crippen LogP contribution in [0, 0.1) is 22.8 Å². The van der Waals surface area contributed by atoms with Crippen molar-refractivity contribution in [2.24, 2.45) is 4.99 Å². The number of fused-ring (bicyclic) bond motifs is 1. The molecular formula is C21H23N9O. The van der Waals surface area contributed by atoms with E-state index in [0.717, 1.165) is 37.1 Å². The van der Waals surface area contributed by atoms with Crippen molar-refractivity contribution in [3.8, 4) is 18.0 Å². The Labute approximate surface area is 179 Å². The van der Waals surface area contributed by atoms with Gasteiger partial charge in [-0.15, -0.1) is 0 Å². The van der Waals surface area contributed by atoms with Gasteiger partial charge in [-0.2, -0.15) is 10.5 Å². The number of nitrogens with one attached hydrogen (secondary N) is 2. The summed E-state index contributed by atoms with van der Waals surface area (Å²) in [6.45, 7) is 2.62. The van der Waals surface area contributed by atoms with E-state index in [2.05, 4.69) is 25.5 Å². The maximum atomic E-state index is 10.4. The molecular weight excluding hydrogens is 394 g/mol. The van der Waals surface area contributed by atoms with Crippen LogP contribution < -0.4 is 22.1 Å². The zero-order valence-corrected chi connectivity index (χ0v) is 16.9. The number of nitriles is 2. The van der Waals surface area contributed by atoms with E-state index in [1.54, 1.807) is 12.1 Å². The molecule has 1 aromatic heterocycles. The van der Waals surface area contributed by atoms with Gasteiger partial charge in [0, 0.05) is 17.7 Å². The lowest BCUT2D eigenvalue weighted by Gasteiger charge is -2.28. The molecule has 158 valence electrons. The second-order valence-corrected chi connectivity index (χ2v) is 7.63. The van der Waals surface area contributed by atoms with Gasteiger partial charge in [0.1, 0.15) is 35.1 Å². The van der Waals surface area contributed by atoms with Gasteiger partial charge in [0.15, 0.2) is 6.19 Å². The number of rotatable bonds is 3. The molecule has 2 aliphatic heterocycles. The van der Waals surface area contributed by atoms with E-state index in [4.69, 9.17) is 16.7 Å². The van der Waals surface area contributed by atoms with E-state index < -0.39 is 6.04 Å². The molecule has 1 atom stereocenters.